The largest absolute Gasteiger partial charge is 0.385 e. The molecule has 1 amide bonds. The van der Waals surface area contributed by atoms with Crippen molar-refractivity contribution in [3.8, 4) is 0 Å². The first-order valence-electron chi connectivity index (χ1n) is 10.7. The van der Waals surface area contributed by atoms with E-state index in [1.807, 2.05) is 0 Å². The summed E-state index contributed by atoms with van der Waals surface area (Å²) in [6, 6.07) is 0.558. The minimum absolute atomic E-state index is 0.0336. The fourth-order valence-electron chi connectivity index (χ4n) is 4.70. The molecule has 3 fully saturated rings. The lowest BCUT2D eigenvalue weighted by molar-refractivity contribution is -0.115. The Hall–Kier alpha value is -1.18. The molecule has 7 nitrogen and oxygen atoms in total. The molecule has 0 aromatic rings. The quantitative estimate of drug-likeness (QED) is 0.666. The van der Waals surface area contributed by atoms with E-state index in [9.17, 15) is 4.79 Å². The van der Waals surface area contributed by atoms with E-state index in [0.717, 1.165) is 51.4 Å². The first-order valence-corrected chi connectivity index (χ1v) is 10.7. The van der Waals surface area contributed by atoms with E-state index in [1.165, 1.54) is 25.7 Å². The van der Waals surface area contributed by atoms with Gasteiger partial charge in [0.25, 0.3) is 5.91 Å². The number of likely N-dealkylation sites (tertiary alicyclic amines) is 1. The highest BCUT2D eigenvalue weighted by atomic mass is 16.7. The van der Waals surface area contributed by atoms with E-state index in [-0.39, 0.29) is 11.9 Å². The smallest absolute Gasteiger partial charge is 0.269 e. The molecule has 2 aliphatic carbocycles. The predicted octanol–water partition coefficient (Wildman–Crippen LogP) is 1.28. The Morgan fingerprint density at radius 3 is 2.85 bits per heavy atom. The lowest BCUT2D eigenvalue weighted by Crippen LogP contribution is -2.62. The normalized spacial score (nSPS) is 31.9. The van der Waals surface area contributed by atoms with Gasteiger partial charge in [-0.15, -0.1) is 0 Å². The van der Waals surface area contributed by atoms with Gasteiger partial charge in [0, 0.05) is 39.2 Å². The summed E-state index contributed by atoms with van der Waals surface area (Å²) in [5.41, 5.74) is 0.136. The van der Waals surface area contributed by atoms with Crippen LogP contribution in [0.25, 0.3) is 0 Å². The van der Waals surface area contributed by atoms with E-state index in [0.29, 0.717) is 24.8 Å². The molecule has 152 valence electrons. The summed E-state index contributed by atoms with van der Waals surface area (Å²) in [6.45, 7) is 4.48. The van der Waals surface area contributed by atoms with Gasteiger partial charge >= 0.3 is 0 Å². The van der Waals surface area contributed by atoms with E-state index < -0.39 is 5.60 Å². The van der Waals surface area contributed by atoms with Gasteiger partial charge in [-0.2, -0.15) is 0 Å². The predicted molar refractivity (Wildman–Crippen MR) is 104 cm³/mol. The molecule has 4 aliphatic rings. The number of ether oxygens (including phenoxy) is 1. The summed E-state index contributed by atoms with van der Waals surface area (Å²) in [7, 11) is 1.74. The first-order chi connectivity index (χ1) is 13.2. The van der Waals surface area contributed by atoms with Crippen LogP contribution < -0.4 is 10.6 Å². The average Bonchev–Trinajstić information content (AvgIpc) is 3.18. The Balaban J connectivity index is 1.38. The van der Waals surface area contributed by atoms with Crippen LogP contribution in [0.15, 0.2) is 5.16 Å². The molecular formula is C20H34N4O3. The molecule has 1 saturated heterocycles. The summed E-state index contributed by atoms with van der Waals surface area (Å²) in [5, 5.41) is 11.2. The standard InChI is InChI=1S/C20H34N4O3/c1-26-11-10-24-9-8-18(21-13-15-6-7-15)20(14-24)12-17(23-27-20)19(25)22-16-4-2-3-5-16/h15-16,18,21H,2-14H2,1H3,(H,22,25)/t18-,20-/m0/s1. The summed E-state index contributed by atoms with van der Waals surface area (Å²) >= 11 is 0. The third-order valence-electron chi connectivity index (χ3n) is 6.58. The lowest BCUT2D eigenvalue weighted by atomic mass is 9.83. The molecule has 0 unspecified atom stereocenters. The minimum atomic E-state index is -0.427. The maximum absolute atomic E-state index is 12.7. The van der Waals surface area contributed by atoms with Gasteiger partial charge in [0.1, 0.15) is 5.71 Å². The Bertz CT molecular complexity index is 559. The Morgan fingerprint density at radius 1 is 1.30 bits per heavy atom. The van der Waals surface area contributed by atoms with Crippen LogP contribution in [-0.4, -0.2) is 74.1 Å². The summed E-state index contributed by atoms with van der Waals surface area (Å²) in [5.74, 6) is 0.787. The first kappa shape index (κ1) is 19.2. The average molecular weight is 379 g/mol. The second-order valence-electron chi connectivity index (χ2n) is 8.79. The maximum Gasteiger partial charge on any atom is 0.269 e. The SMILES string of the molecule is COCCN1CC[C@H](NCC2CC2)[C@]2(CC(C(=O)NC3CCCC3)=NO2)C1. The van der Waals surface area contributed by atoms with Gasteiger partial charge in [0.15, 0.2) is 5.60 Å². The second-order valence-corrected chi connectivity index (χ2v) is 8.79. The zero-order chi connectivity index (χ0) is 18.7. The molecule has 0 aromatic carbocycles. The van der Waals surface area contributed by atoms with Crippen LogP contribution in [0, 0.1) is 5.92 Å². The zero-order valence-electron chi connectivity index (χ0n) is 16.5. The summed E-state index contributed by atoms with van der Waals surface area (Å²) in [4.78, 5) is 21.1. The molecule has 0 bridgehead atoms. The molecule has 27 heavy (non-hydrogen) atoms. The highest BCUT2D eigenvalue weighted by molar-refractivity contribution is 6.39. The molecular weight excluding hydrogens is 344 g/mol. The van der Waals surface area contributed by atoms with E-state index in [4.69, 9.17) is 9.57 Å². The number of amides is 1. The molecule has 0 aromatic heterocycles. The second kappa shape index (κ2) is 8.45. The highest BCUT2D eigenvalue weighted by Gasteiger charge is 2.51. The van der Waals surface area contributed by atoms with Gasteiger partial charge in [-0.05, 0) is 44.6 Å². The van der Waals surface area contributed by atoms with Gasteiger partial charge in [0.05, 0.1) is 12.6 Å². The van der Waals surface area contributed by atoms with Crippen molar-refractivity contribution in [1.82, 2.24) is 15.5 Å². The van der Waals surface area contributed by atoms with Gasteiger partial charge in [-0.3, -0.25) is 9.69 Å². The van der Waals surface area contributed by atoms with Gasteiger partial charge < -0.3 is 20.2 Å². The lowest BCUT2D eigenvalue weighted by Gasteiger charge is -2.44. The number of carbonyl (C=O) groups excluding carboxylic acids is 1. The van der Waals surface area contributed by atoms with Crippen molar-refractivity contribution in [2.75, 3.05) is 39.9 Å². The topological polar surface area (TPSA) is 75.2 Å². The molecule has 2 aliphatic heterocycles. The number of oxime groups is 1. The molecule has 7 heteroatoms. The number of hydrogen-bond donors (Lipinski definition) is 2. The fraction of sp³-hybridized carbons (Fsp3) is 0.900. The minimum Gasteiger partial charge on any atom is -0.385 e. The van der Waals surface area contributed by atoms with Crippen LogP contribution in [0.3, 0.4) is 0 Å². The Labute approximate surface area is 162 Å². The number of carbonyl (C=O) groups is 1. The van der Waals surface area contributed by atoms with Crippen LogP contribution in [0.4, 0.5) is 0 Å². The molecule has 2 heterocycles. The fourth-order valence-corrected chi connectivity index (χ4v) is 4.70. The molecule has 1 spiro atoms. The van der Waals surface area contributed by atoms with Crippen LogP contribution in [0.2, 0.25) is 0 Å². The van der Waals surface area contributed by atoms with E-state index in [1.54, 1.807) is 7.11 Å². The van der Waals surface area contributed by atoms with E-state index in [2.05, 4.69) is 20.7 Å². The number of rotatable bonds is 8. The van der Waals surface area contributed by atoms with Crippen molar-refractivity contribution in [1.29, 1.82) is 0 Å². The van der Waals surface area contributed by atoms with Gasteiger partial charge in [0.2, 0.25) is 0 Å². The third kappa shape index (κ3) is 4.63. The van der Waals surface area contributed by atoms with Gasteiger partial charge in [-0.25, -0.2) is 0 Å². The van der Waals surface area contributed by atoms with Crippen LogP contribution >= 0.6 is 0 Å². The van der Waals surface area contributed by atoms with Crippen molar-refractivity contribution < 1.29 is 14.4 Å². The monoisotopic (exact) mass is 378 g/mol. The Morgan fingerprint density at radius 2 is 2.11 bits per heavy atom. The van der Waals surface area contributed by atoms with Crippen molar-refractivity contribution in [3.05, 3.63) is 0 Å². The number of nitrogens with one attached hydrogen (secondary N) is 2. The van der Waals surface area contributed by atoms with Gasteiger partial charge in [-0.1, -0.05) is 18.0 Å². The van der Waals surface area contributed by atoms with Crippen molar-refractivity contribution >= 4 is 11.6 Å². The summed E-state index contributed by atoms with van der Waals surface area (Å²) < 4.78 is 5.25. The molecule has 2 atom stereocenters. The van der Waals surface area contributed by atoms with Crippen molar-refractivity contribution in [3.63, 3.8) is 0 Å². The van der Waals surface area contributed by atoms with E-state index >= 15 is 0 Å². The molecule has 2 N–H and O–H groups in total. The molecule has 0 radical (unpaired) electrons. The number of methoxy groups -OCH3 is 1. The molecule has 2 saturated carbocycles. The zero-order valence-corrected chi connectivity index (χ0v) is 16.5. The summed E-state index contributed by atoms with van der Waals surface area (Å²) in [6.07, 6.45) is 8.86. The number of piperidine rings is 1. The molecule has 4 rings (SSSR count). The van der Waals surface area contributed by atoms with Crippen molar-refractivity contribution in [2.24, 2.45) is 11.1 Å². The van der Waals surface area contributed by atoms with Crippen LogP contribution in [0.5, 0.6) is 0 Å². The van der Waals surface area contributed by atoms with Crippen molar-refractivity contribution in [2.45, 2.75) is 69.1 Å². The number of hydrogen-bond acceptors (Lipinski definition) is 6. The Kier molecular flexibility index (Phi) is 5.99. The highest BCUT2D eigenvalue weighted by Crippen LogP contribution is 2.35. The third-order valence-corrected chi connectivity index (χ3v) is 6.58. The van der Waals surface area contributed by atoms with Crippen LogP contribution in [0.1, 0.15) is 51.4 Å². The van der Waals surface area contributed by atoms with Crippen LogP contribution in [-0.2, 0) is 14.4 Å². The maximum atomic E-state index is 12.7. The number of nitrogens with zero attached hydrogens (tertiary/aromatic N) is 2.